The van der Waals surface area contributed by atoms with E-state index in [0.29, 0.717) is 0 Å². The summed E-state index contributed by atoms with van der Waals surface area (Å²) in [6.07, 6.45) is 0. The van der Waals surface area contributed by atoms with Crippen LogP contribution in [0.2, 0.25) is 0 Å². The van der Waals surface area contributed by atoms with E-state index in [1.54, 1.807) is 0 Å². The molecular formula is H6AuNa3O18S6. The predicted molar refractivity (Wildman–Crippen MR) is 69.3 cm³/mol. The van der Waals surface area contributed by atoms with Crippen molar-refractivity contribution in [1.29, 1.82) is 0 Å². The maximum absolute atomic E-state index is 8.56. The molecule has 0 spiro atoms. The second-order valence-corrected chi connectivity index (χ2v) is 3.91. The van der Waals surface area contributed by atoms with Gasteiger partial charge < -0.3 is 54.6 Å². The van der Waals surface area contributed by atoms with Gasteiger partial charge >= 0.3 is 111 Å². The Hall–Kier alpha value is 4.16. The first kappa shape index (κ1) is 63.6. The summed E-state index contributed by atoms with van der Waals surface area (Å²) in [7, 11) is 0. The molecule has 0 fully saturated rings. The molecule has 6 unspecified atom stereocenters. The van der Waals surface area contributed by atoms with Gasteiger partial charge in [0.25, 0.3) is 0 Å². The number of hydrogen-bond acceptors (Lipinski definition) is 12. The standard InChI is InChI=1S/Au.3Na.6H2O3S/c;;;;6*1-4(2)3/h;;;;6*(H2,1,2,3)/q+3;3*+1;;;;;;/p-6. The zero-order chi connectivity index (χ0) is 21.5. The first-order chi connectivity index (χ1) is 10.4. The topological polar surface area (TPSA) is 362 Å². The second-order valence-electron chi connectivity index (χ2n) is 1.30. The normalized spacial score (nSPS) is 13.3. The van der Waals surface area contributed by atoms with Gasteiger partial charge in [-0.1, -0.05) is 0 Å². The molecule has 6 N–H and O–H groups in total. The van der Waals surface area contributed by atoms with Crippen LogP contribution in [-0.4, -0.2) is 79.9 Å². The van der Waals surface area contributed by atoms with Crippen LogP contribution in [0, 0.1) is 0 Å². The molecule has 0 radical (unpaired) electrons. The van der Waals surface area contributed by atoms with Crippen molar-refractivity contribution in [3.05, 3.63) is 0 Å². The molecule has 0 aromatic rings. The summed E-state index contributed by atoms with van der Waals surface area (Å²) in [4.78, 5) is 0. The van der Waals surface area contributed by atoms with Crippen molar-refractivity contribution in [1.82, 2.24) is 0 Å². The van der Waals surface area contributed by atoms with E-state index in [0.717, 1.165) is 0 Å². The zero-order valence-electron chi connectivity index (χ0n) is 13.3. The summed E-state index contributed by atoms with van der Waals surface area (Å²) in [6, 6.07) is 0. The van der Waals surface area contributed by atoms with E-state index in [4.69, 9.17) is 79.9 Å². The molecular weight excluding hydrogens is 746 g/mol. The van der Waals surface area contributed by atoms with Crippen molar-refractivity contribution in [2.24, 2.45) is 0 Å². The molecule has 0 aliphatic carbocycles. The molecule has 6 atom stereocenters. The molecule has 0 bridgehead atoms. The summed E-state index contributed by atoms with van der Waals surface area (Å²) in [5, 5.41) is 0. The Morgan fingerprint density at radius 1 is 0.357 bits per heavy atom. The van der Waals surface area contributed by atoms with E-state index >= 15 is 0 Å². The average molecular weight is 752 g/mol. The number of rotatable bonds is 0. The Labute approximate surface area is 255 Å². The Morgan fingerprint density at radius 3 is 0.357 bits per heavy atom. The van der Waals surface area contributed by atoms with Crippen LogP contribution in [0.15, 0.2) is 0 Å². The quantitative estimate of drug-likeness (QED) is 0.0988. The van der Waals surface area contributed by atoms with Crippen molar-refractivity contribution in [2.45, 2.75) is 0 Å². The molecule has 0 aliphatic rings. The van der Waals surface area contributed by atoms with E-state index in [2.05, 4.69) is 0 Å². The van der Waals surface area contributed by atoms with Crippen molar-refractivity contribution in [3.63, 3.8) is 0 Å². The van der Waals surface area contributed by atoms with Gasteiger partial charge in [-0.05, 0) is 0 Å². The van der Waals surface area contributed by atoms with E-state index in [1.165, 1.54) is 0 Å². The maximum atomic E-state index is 8.56. The van der Waals surface area contributed by atoms with Crippen LogP contribution in [0.3, 0.4) is 0 Å². The van der Waals surface area contributed by atoms with Crippen LogP contribution in [0.4, 0.5) is 0 Å². The first-order valence-corrected chi connectivity index (χ1v) is 9.29. The predicted octanol–water partition coefficient (Wildman–Crippen LogP) is -13.0. The first-order valence-electron chi connectivity index (χ1n) is 3.10. The Bertz CT molecular complexity index is 270. The largest absolute Gasteiger partial charge is 3.00 e. The Kier molecular flexibility index (Phi) is 131. The van der Waals surface area contributed by atoms with Crippen LogP contribution in [-0.2, 0) is 90.5 Å². The van der Waals surface area contributed by atoms with Crippen LogP contribution in [0.5, 0.6) is 0 Å². The summed E-state index contributed by atoms with van der Waals surface area (Å²) in [5.74, 6) is 0. The van der Waals surface area contributed by atoms with Crippen LogP contribution >= 0.6 is 0 Å². The smallest absolute Gasteiger partial charge is 0.750 e. The molecule has 0 aliphatic heterocycles. The Morgan fingerprint density at radius 2 is 0.357 bits per heavy atom. The van der Waals surface area contributed by atoms with Crippen molar-refractivity contribution < 1.29 is 191 Å². The van der Waals surface area contributed by atoms with Gasteiger partial charge in [-0.25, -0.2) is 25.3 Å². The summed E-state index contributed by atoms with van der Waals surface area (Å²) >= 11 is -17.2. The van der Waals surface area contributed by atoms with E-state index in [1.807, 2.05) is 0 Å². The molecule has 0 aromatic carbocycles. The molecule has 28 heteroatoms. The zero-order valence-corrected chi connectivity index (χ0v) is 26.4. The molecule has 0 saturated heterocycles. The average Bonchev–Trinajstić information content (AvgIpc) is 2.08. The maximum Gasteiger partial charge on any atom is 3.00 e. The SMILES string of the molecule is O=S([O-])O.O=S([O-])O.O=S([O-])O.O=S([O-])O.O=S([O-])O.O=S([O-])O.[Au+3].[Na+].[Na+].[Na+]. The molecule has 28 heavy (non-hydrogen) atoms. The third-order valence-electron chi connectivity index (χ3n) is 0. The minimum atomic E-state index is -2.86. The fourth-order valence-corrected chi connectivity index (χ4v) is 0. The van der Waals surface area contributed by atoms with Gasteiger partial charge in [0.2, 0.25) is 0 Å². The summed E-state index contributed by atoms with van der Waals surface area (Å²) < 4.78 is 144. The van der Waals surface area contributed by atoms with Gasteiger partial charge in [-0.2, -0.15) is 0 Å². The van der Waals surface area contributed by atoms with Crippen molar-refractivity contribution in [2.75, 3.05) is 0 Å². The Balaban J connectivity index is -0.0000000169. The molecule has 0 aromatic heterocycles. The summed E-state index contributed by atoms with van der Waals surface area (Å²) in [6.45, 7) is 0. The van der Waals surface area contributed by atoms with Crippen LogP contribution in [0.1, 0.15) is 0 Å². The van der Waals surface area contributed by atoms with Crippen LogP contribution in [0.25, 0.3) is 0 Å². The minimum Gasteiger partial charge on any atom is -0.750 e. The fraction of sp³-hybridized carbons (Fsp3) is 0. The third kappa shape index (κ3) is 1480. The van der Waals surface area contributed by atoms with E-state index in [9.17, 15) is 0 Å². The van der Waals surface area contributed by atoms with Gasteiger partial charge in [0.1, 0.15) is 0 Å². The molecule has 0 heterocycles. The monoisotopic (exact) mass is 752 g/mol. The molecule has 18 nitrogen and oxygen atoms in total. The molecule has 164 valence electrons. The fourth-order valence-electron chi connectivity index (χ4n) is 0. The van der Waals surface area contributed by atoms with Crippen LogP contribution < -0.4 is 88.7 Å². The van der Waals surface area contributed by atoms with E-state index < -0.39 is 68.2 Å². The minimum absolute atomic E-state index is 0. The second kappa shape index (κ2) is 57.7. The molecule has 0 amide bonds. The number of hydrogen-bond donors (Lipinski definition) is 6. The van der Waals surface area contributed by atoms with Gasteiger partial charge in [0.15, 0.2) is 0 Å². The summed E-state index contributed by atoms with van der Waals surface area (Å²) in [5.41, 5.74) is 0. The van der Waals surface area contributed by atoms with E-state index in [-0.39, 0.29) is 111 Å². The van der Waals surface area contributed by atoms with Gasteiger partial charge in [-0.15, -0.1) is 0 Å². The van der Waals surface area contributed by atoms with Gasteiger partial charge in [0.05, 0.1) is 68.2 Å². The van der Waals surface area contributed by atoms with Crippen molar-refractivity contribution >= 4 is 68.2 Å². The van der Waals surface area contributed by atoms with Crippen molar-refractivity contribution in [3.8, 4) is 0 Å². The van der Waals surface area contributed by atoms with Gasteiger partial charge in [-0.3, -0.25) is 0 Å². The molecule has 0 saturated carbocycles. The molecule has 0 rings (SSSR count). The third-order valence-corrected chi connectivity index (χ3v) is 0. The van der Waals surface area contributed by atoms with Gasteiger partial charge in [0, 0.05) is 0 Å².